The molecule has 3 aliphatic rings. The van der Waals surface area contributed by atoms with Crippen molar-refractivity contribution < 1.29 is 0 Å². The van der Waals surface area contributed by atoms with E-state index in [1.165, 1.54) is 41.5 Å². The van der Waals surface area contributed by atoms with Crippen molar-refractivity contribution in [3.63, 3.8) is 0 Å². The summed E-state index contributed by atoms with van der Waals surface area (Å²) in [7, 11) is 0. The van der Waals surface area contributed by atoms with E-state index in [1.54, 1.807) is 5.57 Å². The second kappa shape index (κ2) is 5.38. The van der Waals surface area contributed by atoms with Crippen molar-refractivity contribution >= 4 is 23.2 Å². The maximum Gasteiger partial charge on any atom is 0.0487 e. The van der Waals surface area contributed by atoms with E-state index in [0.717, 1.165) is 21.9 Å². The predicted octanol–water partition coefficient (Wildman–Crippen LogP) is 7.27. The Labute approximate surface area is 159 Å². The van der Waals surface area contributed by atoms with Crippen LogP contribution in [0.5, 0.6) is 0 Å². The van der Waals surface area contributed by atoms with Gasteiger partial charge in [-0.15, -0.1) is 0 Å². The number of allylic oxidation sites excluding steroid dienone is 2. The molecule has 1 saturated carbocycles. The third-order valence-corrected chi connectivity index (χ3v) is 7.39. The van der Waals surface area contributed by atoms with Gasteiger partial charge in [0.1, 0.15) is 0 Å². The summed E-state index contributed by atoms with van der Waals surface area (Å²) in [5.41, 5.74) is 6.72. The number of fused-ring (bicyclic) bond motifs is 8. The summed E-state index contributed by atoms with van der Waals surface area (Å²) in [5, 5.41) is 1.68. The van der Waals surface area contributed by atoms with Crippen LogP contribution >= 0.6 is 23.2 Å². The molecule has 0 saturated heterocycles. The lowest BCUT2D eigenvalue weighted by atomic mass is 9.55. The first kappa shape index (κ1) is 16.0. The lowest BCUT2D eigenvalue weighted by Gasteiger charge is -2.49. The molecule has 0 nitrogen and oxygen atoms in total. The monoisotopic (exact) mass is 368 g/mol. The summed E-state index contributed by atoms with van der Waals surface area (Å²) in [6.07, 6.45) is 6.46. The Morgan fingerprint density at radius 2 is 1.84 bits per heavy atom. The molecular formula is C23H22Cl2. The molecule has 0 N–H and O–H groups in total. The molecule has 5 rings (SSSR count). The van der Waals surface area contributed by atoms with E-state index in [1.807, 2.05) is 12.1 Å². The normalized spacial score (nSPS) is 32.3. The number of hydrogen-bond donors (Lipinski definition) is 0. The summed E-state index contributed by atoms with van der Waals surface area (Å²) in [5.74, 6) is 2.14. The fraction of sp³-hybridized carbons (Fsp3) is 0.391. The number of benzene rings is 2. The van der Waals surface area contributed by atoms with Crippen molar-refractivity contribution in [2.24, 2.45) is 17.8 Å². The Balaban J connectivity index is 1.88. The predicted molar refractivity (Wildman–Crippen MR) is 106 cm³/mol. The minimum absolute atomic E-state index is 0.0598. The minimum atomic E-state index is -0.0598. The molecule has 0 aliphatic heterocycles. The van der Waals surface area contributed by atoms with Crippen LogP contribution in [0, 0.1) is 17.8 Å². The molecule has 2 bridgehead atoms. The van der Waals surface area contributed by atoms with Gasteiger partial charge in [0.25, 0.3) is 0 Å². The lowest BCUT2D eigenvalue weighted by Crippen LogP contribution is -2.42. The lowest BCUT2D eigenvalue weighted by molar-refractivity contribution is 0.168. The van der Waals surface area contributed by atoms with E-state index >= 15 is 0 Å². The first-order valence-corrected chi connectivity index (χ1v) is 10.0. The maximum absolute atomic E-state index is 6.68. The highest BCUT2D eigenvalue weighted by Crippen LogP contribution is 2.62. The maximum atomic E-state index is 6.68. The summed E-state index contributed by atoms with van der Waals surface area (Å²) < 4.78 is 0. The highest BCUT2D eigenvalue weighted by molar-refractivity contribution is 6.34. The SMILES string of the molecule is CC1=CC2(c3cc(Cl)ccc3-c3c(Cl)cccc32)C2CC(C)CC1C2. The molecule has 4 unspecified atom stereocenters. The number of rotatable bonds is 0. The highest BCUT2D eigenvalue weighted by Gasteiger charge is 2.52. The number of halogens is 2. The fourth-order valence-corrected chi connectivity index (χ4v) is 6.35. The second-order valence-corrected chi connectivity index (χ2v) is 9.16. The molecule has 0 aromatic heterocycles. The van der Waals surface area contributed by atoms with Crippen molar-refractivity contribution in [2.75, 3.05) is 0 Å². The van der Waals surface area contributed by atoms with E-state index in [2.05, 4.69) is 44.2 Å². The average molecular weight is 369 g/mol. The van der Waals surface area contributed by atoms with E-state index < -0.39 is 0 Å². The molecule has 0 radical (unpaired) electrons. The van der Waals surface area contributed by atoms with Crippen molar-refractivity contribution in [2.45, 2.75) is 38.5 Å². The molecule has 2 aromatic rings. The van der Waals surface area contributed by atoms with Gasteiger partial charge in [0.2, 0.25) is 0 Å². The van der Waals surface area contributed by atoms with Crippen LogP contribution in [0.2, 0.25) is 10.0 Å². The van der Waals surface area contributed by atoms with Gasteiger partial charge in [0.05, 0.1) is 0 Å². The minimum Gasteiger partial charge on any atom is -0.0843 e. The average Bonchev–Trinajstić information content (AvgIpc) is 2.85. The van der Waals surface area contributed by atoms with Crippen LogP contribution < -0.4 is 0 Å². The van der Waals surface area contributed by atoms with Gasteiger partial charge in [-0.1, -0.05) is 60.0 Å². The third-order valence-electron chi connectivity index (χ3n) is 6.84. The van der Waals surface area contributed by atoms with Crippen molar-refractivity contribution in [3.05, 3.63) is 69.2 Å². The van der Waals surface area contributed by atoms with Crippen LogP contribution in [0.3, 0.4) is 0 Å². The van der Waals surface area contributed by atoms with Crippen molar-refractivity contribution in [3.8, 4) is 11.1 Å². The summed E-state index contributed by atoms with van der Waals surface area (Å²) in [4.78, 5) is 0. The Morgan fingerprint density at radius 3 is 2.68 bits per heavy atom. The largest absolute Gasteiger partial charge is 0.0843 e. The van der Waals surface area contributed by atoms with Gasteiger partial charge in [-0.05, 0) is 78.8 Å². The van der Waals surface area contributed by atoms with E-state index in [0.29, 0.717) is 5.92 Å². The van der Waals surface area contributed by atoms with Gasteiger partial charge in [-0.25, -0.2) is 0 Å². The molecule has 2 heteroatoms. The molecule has 0 heterocycles. The Kier molecular flexibility index (Phi) is 3.44. The quantitative estimate of drug-likeness (QED) is 0.428. The van der Waals surface area contributed by atoms with Crippen LogP contribution in [0.25, 0.3) is 11.1 Å². The highest BCUT2D eigenvalue weighted by atomic mass is 35.5. The van der Waals surface area contributed by atoms with Crippen LogP contribution in [0.15, 0.2) is 48.0 Å². The van der Waals surface area contributed by atoms with Crippen molar-refractivity contribution in [1.29, 1.82) is 0 Å². The van der Waals surface area contributed by atoms with Crippen LogP contribution in [0.4, 0.5) is 0 Å². The molecule has 0 amide bonds. The van der Waals surface area contributed by atoms with Crippen molar-refractivity contribution in [1.82, 2.24) is 0 Å². The van der Waals surface area contributed by atoms with E-state index in [9.17, 15) is 0 Å². The number of hydrogen-bond acceptors (Lipinski definition) is 0. The molecule has 1 fully saturated rings. The summed E-state index contributed by atoms with van der Waals surface area (Å²) in [6, 6.07) is 12.8. The molecule has 2 aromatic carbocycles. The van der Waals surface area contributed by atoms with Gasteiger partial charge < -0.3 is 0 Å². The molecule has 128 valence electrons. The molecular weight excluding hydrogens is 347 g/mol. The second-order valence-electron chi connectivity index (χ2n) is 8.32. The Bertz CT molecular complexity index is 910. The van der Waals surface area contributed by atoms with Gasteiger partial charge in [-0.3, -0.25) is 0 Å². The van der Waals surface area contributed by atoms with Crippen LogP contribution in [-0.2, 0) is 5.41 Å². The smallest absolute Gasteiger partial charge is 0.0487 e. The molecule has 1 spiro atoms. The molecule has 3 aliphatic carbocycles. The fourth-order valence-electron chi connectivity index (χ4n) is 5.90. The van der Waals surface area contributed by atoms with Gasteiger partial charge in [0, 0.05) is 21.0 Å². The Hall–Kier alpha value is -1.24. The van der Waals surface area contributed by atoms with Gasteiger partial charge in [0.15, 0.2) is 0 Å². The zero-order valence-electron chi connectivity index (χ0n) is 14.7. The molecule has 25 heavy (non-hydrogen) atoms. The Morgan fingerprint density at radius 1 is 1.00 bits per heavy atom. The van der Waals surface area contributed by atoms with Gasteiger partial charge in [-0.2, -0.15) is 0 Å². The first-order chi connectivity index (χ1) is 12.0. The third kappa shape index (κ3) is 2.07. The molecule has 4 atom stereocenters. The zero-order chi connectivity index (χ0) is 17.3. The standard InChI is InChI=1S/C23H22Cl2/c1-13-8-15-10-16(9-13)23(12-14(15)2)19-4-3-5-21(25)22(19)18-7-6-17(24)11-20(18)23/h3-7,11-13,15-16H,8-10H2,1-2H3. The summed E-state index contributed by atoms with van der Waals surface area (Å²) in [6.45, 7) is 4.74. The zero-order valence-corrected chi connectivity index (χ0v) is 16.2. The van der Waals surface area contributed by atoms with E-state index in [-0.39, 0.29) is 5.41 Å². The first-order valence-electron chi connectivity index (χ1n) is 9.29. The summed E-state index contributed by atoms with van der Waals surface area (Å²) >= 11 is 13.1. The van der Waals surface area contributed by atoms with E-state index in [4.69, 9.17) is 23.2 Å². The van der Waals surface area contributed by atoms with Crippen LogP contribution in [-0.4, -0.2) is 0 Å². The topological polar surface area (TPSA) is 0 Å². The van der Waals surface area contributed by atoms with Gasteiger partial charge >= 0.3 is 0 Å². The van der Waals surface area contributed by atoms with Crippen LogP contribution in [0.1, 0.15) is 44.2 Å².